The molecule has 0 radical (unpaired) electrons. The van der Waals surface area contributed by atoms with Gasteiger partial charge in [0.15, 0.2) is 0 Å². The standard InChI is InChI=1S/C13H26N2O/c1-4-15(5-2)13(16)14-12-8-6-7-11(3)9-10-12/h11-12H,4-10H2,1-3H3,(H,14,16). The van der Waals surface area contributed by atoms with Gasteiger partial charge in [-0.05, 0) is 39.0 Å². The second-order valence-electron chi connectivity index (χ2n) is 4.93. The van der Waals surface area contributed by atoms with Crippen molar-refractivity contribution < 1.29 is 4.79 Å². The first kappa shape index (κ1) is 13.3. The minimum atomic E-state index is 0.115. The third-order valence-electron chi connectivity index (χ3n) is 3.64. The average molecular weight is 226 g/mol. The Balaban J connectivity index is 2.38. The van der Waals surface area contributed by atoms with E-state index < -0.39 is 0 Å². The number of rotatable bonds is 3. The predicted molar refractivity (Wildman–Crippen MR) is 67.5 cm³/mol. The van der Waals surface area contributed by atoms with Gasteiger partial charge in [0.05, 0.1) is 0 Å². The molecule has 1 N–H and O–H groups in total. The molecule has 2 unspecified atom stereocenters. The van der Waals surface area contributed by atoms with Crippen LogP contribution in [0.4, 0.5) is 4.79 Å². The highest BCUT2D eigenvalue weighted by molar-refractivity contribution is 5.74. The molecule has 1 fully saturated rings. The summed E-state index contributed by atoms with van der Waals surface area (Å²) in [6, 6.07) is 0.516. The van der Waals surface area contributed by atoms with Crippen LogP contribution in [0.2, 0.25) is 0 Å². The predicted octanol–water partition coefficient (Wildman–Crippen LogP) is 3.01. The Morgan fingerprint density at radius 3 is 2.50 bits per heavy atom. The van der Waals surface area contributed by atoms with Crippen molar-refractivity contribution in [3.8, 4) is 0 Å². The third kappa shape index (κ3) is 4.03. The molecule has 2 amide bonds. The fourth-order valence-corrected chi connectivity index (χ4v) is 2.41. The first-order chi connectivity index (χ1) is 7.67. The van der Waals surface area contributed by atoms with Crippen molar-refractivity contribution in [1.29, 1.82) is 0 Å². The van der Waals surface area contributed by atoms with Gasteiger partial charge >= 0.3 is 6.03 Å². The summed E-state index contributed by atoms with van der Waals surface area (Å²) >= 11 is 0. The number of nitrogens with one attached hydrogen (secondary N) is 1. The molecule has 1 rings (SSSR count). The number of amides is 2. The molecule has 0 saturated heterocycles. The molecule has 0 aromatic rings. The highest BCUT2D eigenvalue weighted by Gasteiger charge is 2.19. The molecular formula is C13H26N2O. The summed E-state index contributed by atoms with van der Waals surface area (Å²) < 4.78 is 0. The smallest absolute Gasteiger partial charge is 0.317 e. The van der Waals surface area contributed by atoms with Crippen molar-refractivity contribution in [2.75, 3.05) is 13.1 Å². The molecule has 0 aliphatic heterocycles. The number of nitrogens with zero attached hydrogens (tertiary/aromatic N) is 1. The van der Waals surface area contributed by atoms with E-state index in [4.69, 9.17) is 0 Å². The Morgan fingerprint density at radius 1 is 1.19 bits per heavy atom. The molecule has 1 aliphatic rings. The normalized spacial score (nSPS) is 25.9. The van der Waals surface area contributed by atoms with E-state index in [2.05, 4.69) is 12.2 Å². The zero-order chi connectivity index (χ0) is 12.0. The lowest BCUT2D eigenvalue weighted by Gasteiger charge is -2.23. The van der Waals surface area contributed by atoms with Gasteiger partial charge in [-0.25, -0.2) is 4.79 Å². The lowest BCUT2D eigenvalue weighted by Crippen LogP contribution is -2.44. The monoisotopic (exact) mass is 226 g/mol. The Hall–Kier alpha value is -0.730. The molecule has 0 aromatic heterocycles. The third-order valence-corrected chi connectivity index (χ3v) is 3.64. The number of carbonyl (C=O) groups excluding carboxylic acids is 1. The summed E-state index contributed by atoms with van der Waals surface area (Å²) in [5.41, 5.74) is 0. The minimum absolute atomic E-state index is 0.115. The molecule has 1 aliphatic carbocycles. The second kappa shape index (κ2) is 6.77. The van der Waals surface area contributed by atoms with Gasteiger partial charge in [-0.3, -0.25) is 0 Å². The van der Waals surface area contributed by atoms with Crippen molar-refractivity contribution in [1.82, 2.24) is 10.2 Å². The van der Waals surface area contributed by atoms with Crippen molar-refractivity contribution in [3.63, 3.8) is 0 Å². The molecule has 0 spiro atoms. The van der Waals surface area contributed by atoms with Crippen molar-refractivity contribution in [2.45, 2.75) is 58.9 Å². The second-order valence-corrected chi connectivity index (χ2v) is 4.93. The summed E-state index contributed by atoms with van der Waals surface area (Å²) in [5.74, 6) is 0.829. The largest absolute Gasteiger partial charge is 0.335 e. The summed E-state index contributed by atoms with van der Waals surface area (Å²) in [4.78, 5) is 13.7. The maximum Gasteiger partial charge on any atom is 0.317 e. The van der Waals surface area contributed by atoms with Gasteiger partial charge in [0.2, 0.25) is 0 Å². The molecule has 1 saturated carbocycles. The molecule has 3 nitrogen and oxygen atoms in total. The fraction of sp³-hybridized carbons (Fsp3) is 0.923. The van der Waals surface area contributed by atoms with E-state index in [1.165, 1.54) is 19.3 Å². The Labute approximate surface area is 99.6 Å². The summed E-state index contributed by atoms with van der Waals surface area (Å²) in [6.07, 6.45) is 6.12. The summed E-state index contributed by atoms with van der Waals surface area (Å²) in [6.45, 7) is 7.96. The Kier molecular flexibility index (Phi) is 5.64. The van der Waals surface area contributed by atoms with Gasteiger partial charge in [0.1, 0.15) is 0 Å². The molecular weight excluding hydrogens is 200 g/mol. The SMILES string of the molecule is CCN(CC)C(=O)NC1CCCC(C)CC1. The van der Waals surface area contributed by atoms with E-state index in [0.717, 1.165) is 31.8 Å². The molecule has 0 aromatic carbocycles. The lowest BCUT2D eigenvalue weighted by molar-refractivity contribution is 0.197. The quantitative estimate of drug-likeness (QED) is 0.737. The van der Waals surface area contributed by atoms with Crippen LogP contribution in [0, 0.1) is 5.92 Å². The van der Waals surface area contributed by atoms with Crippen molar-refractivity contribution in [3.05, 3.63) is 0 Å². The van der Waals surface area contributed by atoms with Gasteiger partial charge < -0.3 is 10.2 Å². The molecule has 0 bridgehead atoms. The average Bonchev–Trinajstić information content (AvgIpc) is 2.46. The molecule has 3 heteroatoms. The minimum Gasteiger partial charge on any atom is -0.335 e. The zero-order valence-corrected chi connectivity index (χ0v) is 11.0. The maximum absolute atomic E-state index is 11.9. The molecule has 16 heavy (non-hydrogen) atoms. The zero-order valence-electron chi connectivity index (χ0n) is 11.0. The van der Waals surface area contributed by atoms with Crippen LogP contribution in [0.15, 0.2) is 0 Å². The van der Waals surface area contributed by atoms with Crippen LogP contribution in [-0.2, 0) is 0 Å². The van der Waals surface area contributed by atoms with Crippen molar-refractivity contribution >= 4 is 6.03 Å². The highest BCUT2D eigenvalue weighted by Crippen LogP contribution is 2.22. The van der Waals surface area contributed by atoms with Gasteiger partial charge in [0, 0.05) is 19.1 Å². The topological polar surface area (TPSA) is 32.3 Å². The Morgan fingerprint density at radius 2 is 1.88 bits per heavy atom. The van der Waals surface area contributed by atoms with Gasteiger partial charge in [-0.2, -0.15) is 0 Å². The molecule has 2 atom stereocenters. The summed E-state index contributed by atoms with van der Waals surface area (Å²) in [5, 5.41) is 3.17. The first-order valence-corrected chi connectivity index (χ1v) is 6.72. The van der Waals surface area contributed by atoms with Crippen LogP contribution < -0.4 is 5.32 Å². The van der Waals surface area contributed by atoms with E-state index in [0.29, 0.717) is 6.04 Å². The van der Waals surface area contributed by atoms with Crippen LogP contribution in [0.1, 0.15) is 52.9 Å². The van der Waals surface area contributed by atoms with E-state index in [1.807, 2.05) is 18.7 Å². The summed E-state index contributed by atoms with van der Waals surface area (Å²) in [7, 11) is 0. The lowest BCUT2D eigenvalue weighted by atomic mass is 10.0. The van der Waals surface area contributed by atoms with Crippen LogP contribution >= 0.6 is 0 Å². The van der Waals surface area contributed by atoms with Gasteiger partial charge in [-0.1, -0.05) is 19.8 Å². The first-order valence-electron chi connectivity index (χ1n) is 6.72. The van der Waals surface area contributed by atoms with Crippen LogP contribution in [0.5, 0.6) is 0 Å². The van der Waals surface area contributed by atoms with Gasteiger partial charge in [-0.15, -0.1) is 0 Å². The number of hydrogen-bond acceptors (Lipinski definition) is 1. The van der Waals surface area contributed by atoms with E-state index >= 15 is 0 Å². The highest BCUT2D eigenvalue weighted by atomic mass is 16.2. The van der Waals surface area contributed by atoms with E-state index in [9.17, 15) is 4.79 Å². The number of carbonyl (C=O) groups is 1. The van der Waals surface area contributed by atoms with Crippen LogP contribution in [0.25, 0.3) is 0 Å². The Bertz CT molecular complexity index is 214. The fourth-order valence-electron chi connectivity index (χ4n) is 2.41. The van der Waals surface area contributed by atoms with Crippen molar-refractivity contribution in [2.24, 2.45) is 5.92 Å². The number of urea groups is 1. The van der Waals surface area contributed by atoms with E-state index in [1.54, 1.807) is 0 Å². The van der Waals surface area contributed by atoms with E-state index in [-0.39, 0.29) is 6.03 Å². The van der Waals surface area contributed by atoms with Gasteiger partial charge in [0.25, 0.3) is 0 Å². The number of hydrogen-bond donors (Lipinski definition) is 1. The molecule has 94 valence electrons. The molecule has 0 heterocycles. The maximum atomic E-state index is 11.9. The van der Waals surface area contributed by atoms with Crippen LogP contribution in [0.3, 0.4) is 0 Å². The van der Waals surface area contributed by atoms with Crippen LogP contribution in [-0.4, -0.2) is 30.1 Å².